The zero-order valence-corrected chi connectivity index (χ0v) is 18.3. The summed E-state index contributed by atoms with van der Waals surface area (Å²) in [6, 6.07) is 12.1. The fourth-order valence-electron chi connectivity index (χ4n) is 3.41. The number of hydrogen-bond acceptors (Lipinski definition) is 6. The van der Waals surface area contributed by atoms with Crippen LogP contribution in [0.4, 0.5) is 17.1 Å². The first-order chi connectivity index (χ1) is 14.8. The van der Waals surface area contributed by atoms with Crippen LogP contribution in [0.25, 0.3) is 0 Å². The highest BCUT2D eigenvalue weighted by Gasteiger charge is 2.30. The lowest BCUT2D eigenvalue weighted by atomic mass is 10.0. The zero-order chi connectivity index (χ0) is 22.2. The predicted octanol–water partition coefficient (Wildman–Crippen LogP) is 4.70. The maximum absolute atomic E-state index is 13.0. The van der Waals surface area contributed by atoms with Crippen molar-refractivity contribution in [3.63, 3.8) is 0 Å². The summed E-state index contributed by atoms with van der Waals surface area (Å²) in [6.45, 7) is 0.382. The lowest BCUT2D eigenvalue weighted by molar-refractivity contribution is -0.384. The van der Waals surface area contributed by atoms with Crippen molar-refractivity contribution in [1.29, 1.82) is 0 Å². The van der Waals surface area contributed by atoms with Crippen LogP contribution in [0.2, 0.25) is 5.02 Å². The Morgan fingerprint density at radius 1 is 1.19 bits per heavy atom. The number of nitrogens with one attached hydrogen (secondary N) is 1. The third-order valence-electron chi connectivity index (χ3n) is 4.86. The monoisotopic (exact) mass is 477 g/mol. The number of fused-ring (bicyclic) bond motifs is 1. The number of aryl methyl sites for hydroxylation is 1. The Morgan fingerprint density at radius 2 is 2.00 bits per heavy atom. The van der Waals surface area contributed by atoms with Crippen molar-refractivity contribution < 1.29 is 18.1 Å². The summed E-state index contributed by atoms with van der Waals surface area (Å²) in [7, 11) is -3.64. The van der Waals surface area contributed by atoms with Crippen LogP contribution in [0.1, 0.15) is 22.3 Å². The van der Waals surface area contributed by atoms with Crippen molar-refractivity contribution in [2.24, 2.45) is 0 Å². The second-order valence-electron chi connectivity index (χ2n) is 6.83. The van der Waals surface area contributed by atoms with E-state index in [1.165, 1.54) is 27.8 Å². The molecule has 0 radical (unpaired) electrons. The van der Waals surface area contributed by atoms with Gasteiger partial charge in [0.25, 0.3) is 21.6 Å². The van der Waals surface area contributed by atoms with Gasteiger partial charge in [0.15, 0.2) is 0 Å². The van der Waals surface area contributed by atoms with Gasteiger partial charge in [-0.1, -0.05) is 17.7 Å². The van der Waals surface area contributed by atoms with Gasteiger partial charge in [0, 0.05) is 23.9 Å². The minimum atomic E-state index is -3.64. The molecule has 0 bridgehead atoms. The fourth-order valence-corrected chi connectivity index (χ4v) is 6.24. The average Bonchev–Trinajstić information content (AvgIpc) is 3.29. The van der Waals surface area contributed by atoms with Gasteiger partial charge in [-0.15, -0.1) is 11.3 Å². The predicted molar refractivity (Wildman–Crippen MR) is 120 cm³/mol. The maximum Gasteiger partial charge on any atom is 0.288 e. The summed E-state index contributed by atoms with van der Waals surface area (Å²) in [5.74, 6) is -0.529. The summed E-state index contributed by atoms with van der Waals surface area (Å²) in [5.41, 5.74) is 1.59. The quantitative estimate of drug-likeness (QED) is 0.423. The van der Waals surface area contributed by atoms with Crippen LogP contribution in [-0.2, 0) is 16.4 Å². The number of amides is 1. The van der Waals surface area contributed by atoms with Crippen molar-refractivity contribution in [3.8, 4) is 0 Å². The first-order valence-corrected chi connectivity index (χ1v) is 11.9. The third-order valence-corrected chi connectivity index (χ3v) is 8.36. The molecule has 0 saturated heterocycles. The van der Waals surface area contributed by atoms with Crippen molar-refractivity contribution >= 4 is 55.9 Å². The van der Waals surface area contributed by atoms with Gasteiger partial charge in [-0.3, -0.25) is 19.2 Å². The molecule has 1 amide bonds. The van der Waals surface area contributed by atoms with E-state index in [4.69, 9.17) is 11.6 Å². The molecular weight excluding hydrogens is 462 g/mol. The second-order valence-corrected chi connectivity index (χ2v) is 10.3. The molecule has 160 valence electrons. The van der Waals surface area contributed by atoms with E-state index >= 15 is 0 Å². The van der Waals surface area contributed by atoms with E-state index in [-0.39, 0.29) is 20.5 Å². The van der Waals surface area contributed by atoms with Crippen LogP contribution in [0.15, 0.2) is 58.1 Å². The minimum Gasteiger partial charge on any atom is -0.322 e. The number of sulfonamides is 1. The van der Waals surface area contributed by atoms with Crippen LogP contribution < -0.4 is 9.62 Å². The van der Waals surface area contributed by atoms with Crippen molar-refractivity contribution in [2.75, 3.05) is 16.2 Å². The normalized spacial score (nSPS) is 13.5. The molecule has 1 aliphatic rings. The summed E-state index contributed by atoms with van der Waals surface area (Å²) >= 11 is 6.96. The number of halogens is 1. The Morgan fingerprint density at radius 3 is 2.71 bits per heavy atom. The highest BCUT2D eigenvalue weighted by Crippen LogP contribution is 2.35. The van der Waals surface area contributed by atoms with Crippen molar-refractivity contribution in [3.05, 3.63) is 80.2 Å². The molecule has 1 aromatic heterocycles. The van der Waals surface area contributed by atoms with E-state index in [0.717, 1.165) is 11.6 Å². The second kappa shape index (κ2) is 8.29. The van der Waals surface area contributed by atoms with Crippen LogP contribution in [0.5, 0.6) is 0 Å². The topological polar surface area (TPSA) is 110 Å². The van der Waals surface area contributed by atoms with Gasteiger partial charge in [0.1, 0.15) is 9.23 Å². The summed E-state index contributed by atoms with van der Waals surface area (Å²) < 4.78 is 27.6. The van der Waals surface area contributed by atoms with Gasteiger partial charge in [-0.25, -0.2) is 8.42 Å². The Hall–Kier alpha value is -2.95. The van der Waals surface area contributed by atoms with Gasteiger partial charge in [-0.2, -0.15) is 0 Å². The molecule has 0 saturated carbocycles. The third kappa shape index (κ3) is 4.14. The van der Waals surface area contributed by atoms with E-state index in [0.29, 0.717) is 30.8 Å². The Bertz CT molecular complexity index is 1280. The molecule has 8 nitrogen and oxygen atoms in total. The zero-order valence-electron chi connectivity index (χ0n) is 15.9. The molecule has 2 aromatic carbocycles. The number of carbonyl (C=O) groups is 1. The molecule has 0 spiro atoms. The van der Waals surface area contributed by atoms with Gasteiger partial charge in [0.2, 0.25) is 0 Å². The molecule has 11 heteroatoms. The molecule has 3 aromatic rings. The fraction of sp³-hybridized carbons (Fsp3) is 0.150. The highest BCUT2D eigenvalue weighted by molar-refractivity contribution is 7.94. The van der Waals surface area contributed by atoms with Gasteiger partial charge >= 0.3 is 0 Å². The van der Waals surface area contributed by atoms with Crippen LogP contribution in [0.3, 0.4) is 0 Å². The maximum atomic E-state index is 13.0. The van der Waals surface area contributed by atoms with Gasteiger partial charge in [-0.05, 0) is 60.2 Å². The number of rotatable bonds is 5. The number of carbonyl (C=O) groups excluding carboxylic acids is 1. The van der Waals surface area contributed by atoms with Crippen molar-refractivity contribution in [1.82, 2.24) is 0 Å². The van der Waals surface area contributed by atoms with E-state index in [2.05, 4.69) is 5.32 Å². The number of thiophene rings is 1. The SMILES string of the molecule is O=C(Nc1ccc2c(c1)CCCN2S(=O)(=O)c1cccs1)c1ccc(Cl)c([N+](=O)[O-])c1. The first kappa shape index (κ1) is 21.3. The summed E-state index contributed by atoms with van der Waals surface area (Å²) in [4.78, 5) is 23.0. The molecule has 0 aliphatic carbocycles. The minimum absolute atomic E-state index is 0.0534. The molecule has 1 N–H and O–H groups in total. The standard InChI is InChI=1S/C20H16ClN3O5S2/c21-16-7-5-14(12-18(16)24(26)27)20(25)22-15-6-8-17-13(11-15)3-1-9-23(17)31(28,29)19-4-2-10-30-19/h2,4-8,10-12H,1,3,9H2,(H,22,25). The summed E-state index contributed by atoms with van der Waals surface area (Å²) in [5, 5.41) is 15.4. The van der Waals surface area contributed by atoms with Gasteiger partial charge in [0.05, 0.1) is 10.6 Å². The van der Waals surface area contributed by atoms with Gasteiger partial charge < -0.3 is 5.32 Å². The lowest BCUT2D eigenvalue weighted by Gasteiger charge is -2.30. The highest BCUT2D eigenvalue weighted by atomic mass is 35.5. The Labute approximate surface area is 187 Å². The lowest BCUT2D eigenvalue weighted by Crippen LogP contribution is -2.35. The molecular formula is C20H16ClN3O5S2. The molecule has 0 atom stereocenters. The van der Waals surface area contributed by atoms with Crippen LogP contribution in [-0.4, -0.2) is 25.8 Å². The molecule has 0 fully saturated rings. The molecule has 0 unspecified atom stereocenters. The van der Waals surface area contributed by atoms with Crippen LogP contribution in [0, 0.1) is 10.1 Å². The van der Waals surface area contributed by atoms with E-state index < -0.39 is 20.9 Å². The van der Waals surface area contributed by atoms with Crippen LogP contribution >= 0.6 is 22.9 Å². The Balaban J connectivity index is 1.60. The Kier molecular flexibility index (Phi) is 5.69. The first-order valence-electron chi connectivity index (χ1n) is 9.22. The smallest absolute Gasteiger partial charge is 0.288 e. The number of nitro benzene ring substituents is 1. The summed E-state index contributed by atoms with van der Waals surface area (Å²) in [6.07, 6.45) is 1.32. The molecule has 2 heterocycles. The number of nitro groups is 1. The molecule has 1 aliphatic heterocycles. The number of benzene rings is 2. The van der Waals surface area contributed by atoms with E-state index in [1.807, 2.05) is 0 Å². The van der Waals surface area contributed by atoms with Crippen molar-refractivity contribution in [2.45, 2.75) is 17.1 Å². The number of anilines is 2. The molecule has 31 heavy (non-hydrogen) atoms. The van der Waals surface area contributed by atoms with E-state index in [1.54, 1.807) is 35.7 Å². The van der Waals surface area contributed by atoms with E-state index in [9.17, 15) is 23.3 Å². The molecule has 4 rings (SSSR count). The average molecular weight is 478 g/mol. The largest absolute Gasteiger partial charge is 0.322 e. The number of nitrogens with zero attached hydrogens (tertiary/aromatic N) is 2. The number of hydrogen-bond donors (Lipinski definition) is 1.